The molecular weight excluding hydrogens is 252 g/mol. The van der Waals surface area contributed by atoms with Gasteiger partial charge in [-0.1, -0.05) is 11.6 Å². The van der Waals surface area contributed by atoms with E-state index in [4.69, 9.17) is 0 Å². The molecule has 0 saturated carbocycles. The van der Waals surface area contributed by atoms with Crippen LogP contribution in [0.3, 0.4) is 0 Å². The fourth-order valence-corrected chi connectivity index (χ4v) is 2.25. The highest BCUT2D eigenvalue weighted by atomic mass is 16.2. The zero-order chi connectivity index (χ0) is 14.4. The van der Waals surface area contributed by atoms with Crippen LogP contribution < -0.4 is 5.32 Å². The van der Waals surface area contributed by atoms with Crippen molar-refractivity contribution in [1.29, 1.82) is 0 Å². The van der Waals surface area contributed by atoms with E-state index in [1.54, 1.807) is 26.2 Å². The number of allylic oxidation sites excluding steroid dienone is 1. The van der Waals surface area contributed by atoms with Crippen LogP contribution in [-0.4, -0.2) is 41.6 Å². The van der Waals surface area contributed by atoms with Crippen LogP contribution in [0.15, 0.2) is 23.8 Å². The van der Waals surface area contributed by atoms with Gasteiger partial charge in [-0.25, -0.2) is 0 Å². The average Bonchev–Trinajstić information content (AvgIpc) is 2.48. The highest BCUT2D eigenvalue weighted by molar-refractivity contribution is 5.91. The van der Waals surface area contributed by atoms with Gasteiger partial charge in [-0.2, -0.15) is 0 Å². The van der Waals surface area contributed by atoms with Gasteiger partial charge in [0, 0.05) is 20.6 Å². The van der Waals surface area contributed by atoms with Crippen LogP contribution in [0.1, 0.15) is 42.6 Å². The molecule has 1 amide bonds. The van der Waals surface area contributed by atoms with Crippen LogP contribution in [-0.2, 0) is 0 Å². The zero-order valence-electron chi connectivity index (χ0n) is 12.2. The van der Waals surface area contributed by atoms with Gasteiger partial charge in [-0.05, 0) is 44.2 Å². The third-order valence-corrected chi connectivity index (χ3v) is 3.43. The van der Waals surface area contributed by atoms with E-state index >= 15 is 0 Å². The summed E-state index contributed by atoms with van der Waals surface area (Å²) in [6.07, 6.45) is 8.49. The Morgan fingerprint density at radius 3 is 2.75 bits per heavy atom. The first-order valence-electron chi connectivity index (χ1n) is 7.14. The first kappa shape index (κ1) is 14.5. The summed E-state index contributed by atoms with van der Waals surface area (Å²) in [5.74, 6) is 0.591. The molecule has 1 aliphatic rings. The monoisotopic (exact) mass is 274 g/mol. The summed E-state index contributed by atoms with van der Waals surface area (Å²) in [6, 6.07) is 3.51. The topological polar surface area (TPSA) is 58.1 Å². The molecule has 0 spiro atoms. The van der Waals surface area contributed by atoms with Gasteiger partial charge >= 0.3 is 0 Å². The van der Waals surface area contributed by atoms with Gasteiger partial charge in [0.05, 0.1) is 0 Å². The van der Waals surface area contributed by atoms with Crippen molar-refractivity contribution in [2.45, 2.75) is 32.1 Å². The molecule has 0 aromatic carbocycles. The summed E-state index contributed by atoms with van der Waals surface area (Å²) < 4.78 is 0. The van der Waals surface area contributed by atoms with Gasteiger partial charge in [-0.15, -0.1) is 10.2 Å². The summed E-state index contributed by atoms with van der Waals surface area (Å²) >= 11 is 0. The number of hydrogen-bond acceptors (Lipinski definition) is 4. The molecule has 1 heterocycles. The highest BCUT2D eigenvalue weighted by Gasteiger charge is 2.10. The average molecular weight is 274 g/mol. The second kappa shape index (κ2) is 7.03. The van der Waals surface area contributed by atoms with Crippen molar-refractivity contribution in [3.63, 3.8) is 0 Å². The molecule has 0 radical (unpaired) electrons. The van der Waals surface area contributed by atoms with Gasteiger partial charge in [-0.3, -0.25) is 4.79 Å². The number of anilines is 1. The maximum absolute atomic E-state index is 11.7. The van der Waals surface area contributed by atoms with Gasteiger partial charge in [0.25, 0.3) is 5.91 Å². The van der Waals surface area contributed by atoms with Gasteiger partial charge < -0.3 is 10.2 Å². The van der Waals surface area contributed by atoms with E-state index in [0.717, 1.165) is 18.8 Å². The van der Waals surface area contributed by atoms with Crippen LogP contribution in [0.5, 0.6) is 0 Å². The minimum atomic E-state index is -0.128. The minimum Gasteiger partial charge on any atom is -0.368 e. The lowest BCUT2D eigenvalue weighted by molar-refractivity contribution is 0.0821. The first-order valence-corrected chi connectivity index (χ1v) is 7.14. The molecule has 0 aliphatic heterocycles. The molecule has 20 heavy (non-hydrogen) atoms. The summed E-state index contributed by atoms with van der Waals surface area (Å²) in [4.78, 5) is 13.2. The van der Waals surface area contributed by atoms with E-state index in [-0.39, 0.29) is 5.91 Å². The molecule has 0 atom stereocenters. The molecule has 0 bridgehead atoms. The molecular formula is C15H22N4O. The molecule has 108 valence electrons. The summed E-state index contributed by atoms with van der Waals surface area (Å²) in [5, 5.41) is 11.2. The van der Waals surface area contributed by atoms with Crippen LogP contribution in [0, 0.1) is 0 Å². The summed E-state index contributed by atoms with van der Waals surface area (Å²) in [7, 11) is 3.40. The van der Waals surface area contributed by atoms with E-state index in [1.807, 2.05) is 0 Å². The molecule has 5 nitrogen and oxygen atoms in total. The van der Waals surface area contributed by atoms with E-state index in [9.17, 15) is 4.79 Å². The van der Waals surface area contributed by atoms with Crippen LogP contribution in [0.25, 0.3) is 0 Å². The van der Waals surface area contributed by atoms with Gasteiger partial charge in [0.15, 0.2) is 5.69 Å². The zero-order valence-corrected chi connectivity index (χ0v) is 12.2. The Balaban J connectivity index is 1.81. The summed E-state index contributed by atoms with van der Waals surface area (Å²) in [5.41, 5.74) is 1.91. The lowest BCUT2D eigenvalue weighted by atomic mass is 9.97. The molecule has 1 aliphatic carbocycles. The van der Waals surface area contributed by atoms with Crippen LogP contribution in [0.4, 0.5) is 5.82 Å². The number of carbonyl (C=O) groups excluding carboxylic acids is 1. The number of hydrogen-bond donors (Lipinski definition) is 1. The third-order valence-electron chi connectivity index (χ3n) is 3.43. The minimum absolute atomic E-state index is 0.128. The Morgan fingerprint density at radius 2 is 2.15 bits per heavy atom. The molecule has 1 aromatic heterocycles. The fraction of sp³-hybridized carbons (Fsp3) is 0.533. The van der Waals surface area contributed by atoms with Crippen molar-refractivity contribution < 1.29 is 4.79 Å². The molecule has 2 rings (SSSR count). The number of aromatic nitrogens is 2. The van der Waals surface area contributed by atoms with Crippen molar-refractivity contribution in [1.82, 2.24) is 15.1 Å². The second-order valence-corrected chi connectivity index (χ2v) is 5.29. The molecule has 0 unspecified atom stereocenters. The molecule has 1 aromatic rings. The first-order chi connectivity index (χ1) is 9.66. The van der Waals surface area contributed by atoms with Gasteiger partial charge in [0.1, 0.15) is 5.82 Å². The molecule has 1 N–H and O–H groups in total. The molecule has 0 saturated heterocycles. The Kier molecular flexibility index (Phi) is 5.09. The summed E-state index contributed by atoms with van der Waals surface area (Å²) in [6.45, 7) is 0.863. The molecule has 5 heteroatoms. The Hall–Kier alpha value is -1.91. The number of amides is 1. The van der Waals surface area contributed by atoms with E-state index in [2.05, 4.69) is 21.6 Å². The van der Waals surface area contributed by atoms with Crippen LogP contribution in [0.2, 0.25) is 0 Å². The SMILES string of the molecule is CN(C)C(=O)c1ccc(NCCC2=CCCCC2)nn1. The molecule has 0 fully saturated rings. The van der Waals surface area contributed by atoms with Crippen molar-refractivity contribution in [3.8, 4) is 0 Å². The lowest BCUT2D eigenvalue weighted by Crippen LogP contribution is -2.23. The van der Waals surface area contributed by atoms with Gasteiger partial charge in [0.2, 0.25) is 0 Å². The predicted octanol–water partition coefficient (Wildman–Crippen LogP) is 2.48. The smallest absolute Gasteiger partial charge is 0.273 e. The van der Waals surface area contributed by atoms with Crippen molar-refractivity contribution in [3.05, 3.63) is 29.5 Å². The maximum Gasteiger partial charge on any atom is 0.273 e. The second-order valence-electron chi connectivity index (χ2n) is 5.29. The van der Waals surface area contributed by atoms with E-state index in [1.165, 1.54) is 36.2 Å². The number of rotatable bonds is 5. The quantitative estimate of drug-likeness (QED) is 0.838. The lowest BCUT2D eigenvalue weighted by Gasteiger charge is -2.13. The normalized spacial score (nSPS) is 14.6. The number of nitrogens with zero attached hydrogens (tertiary/aromatic N) is 3. The maximum atomic E-state index is 11.7. The highest BCUT2D eigenvalue weighted by Crippen LogP contribution is 2.19. The Morgan fingerprint density at radius 1 is 1.30 bits per heavy atom. The Labute approximate surface area is 120 Å². The van der Waals surface area contributed by atoms with Crippen molar-refractivity contribution in [2.75, 3.05) is 26.0 Å². The standard InChI is InChI=1S/C15H22N4O/c1-19(2)15(20)13-8-9-14(18-17-13)16-11-10-12-6-4-3-5-7-12/h6,8-9H,3-5,7,10-11H2,1-2H3,(H,16,18). The fourth-order valence-electron chi connectivity index (χ4n) is 2.25. The Bertz CT molecular complexity index is 479. The van der Waals surface area contributed by atoms with E-state index in [0.29, 0.717) is 5.69 Å². The van der Waals surface area contributed by atoms with E-state index < -0.39 is 0 Å². The van der Waals surface area contributed by atoms with Crippen molar-refractivity contribution in [2.24, 2.45) is 0 Å². The number of nitrogens with one attached hydrogen (secondary N) is 1. The number of carbonyl (C=O) groups is 1. The predicted molar refractivity (Wildman–Crippen MR) is 79.7 cm³/mol. The largest absolute Gasteiger partial charge is 0.368 e. The van der Waals surface area contributed by atoms with Crippen molar-refractivity contribution >= 4 is 11.7 Å². The third kappa shape index (κ3) is 4.05. The van der Waals surface area contributed by atoms with Crippen LogP contribution >= 0.6 is 0 Å².